The highest BCUT2D eigenvalue weighted by atomic mass is 15.0. The minimum absolute atomic E-state index is 0.768. The minimum Gasteiger partial charge on any atom is -0.324 e. The Morgan fingerprint density at radius 2 is 2.36 bits per heavy atom. The number of aromatic nitrogens is 2. The molecule has 1 rings (SSSR count). The maximum atomic E-state index is 4.04. The molecule has 0 saturated carbocycles. The van der Waals surface area contributed by atoms with Gasteiger partial charge in [0.05, 0.1) is 5.69 Å². The lowest BCUT2D eigenvalue weighted by Gasteiger charge is -1.90. The molecule has 0 N–H and O–H groups in total. The van der Waals surface area contributed by atoms with Crippen LogP contribution in [0.4, 0.5) is 0 Å². The molecular formula is C9H11N2. The Morgan fingerprint density at radius 1 is 1.55 bits per heavy atom. The molecule has 1 aromatic heterocycles. The van der Waals surface area contributed by atoms with Crippen LogP contribution in [0.1, 0.15) is 5.69 Å². The van der Waals surface area contributed by atoms with Gasteiger partial charge in [0.15, 0.2) is 6.33 Å². The van der Waals surface area contributed by atoms with Crippen molar-refractivity contribution in [1.29, 1.82) is 0 Å². The van der Waals surface area contributed by atoms with Crippen molar-refractivity contribution >= 4 is 0 Å². The third kappa shape index (κ3) is 2.08. The number of hydrogen-bond acceptors (Lipinski definition) is 1. The molecule has 0 spiro atoms. The Kier molecular flexibility index (Phi) is 2.66. The second-order valence-corrected chi connectivity index (χ2v) is 2.27. The van der Waals surface area contributed by atoms with Crippen LogP contribution in [0, 0.1) is 6.33 Å². The first-order chi connectivity index (χ1) is 5.36. The van der Waals surface area contributed by atoms with Gasteiger partial charge in [-0.15, -0.1) is 13.2 Å². The quantitative estimate of drug-likeness (QED) is 0.591. The second-order valence-electron chi connectivity index (χ2n) is 2.27. The maximum Gasteiger partial charge on any atom is 0.177 e. The third-order valence-electron chi connectivity index (χ3n) is 1.31. The van der Waals surface area contributed by atoms with Gasteiger partial charge in [0.25, 0.3) is 0 Å². The molecule has 1 radical (unpaired) electrons. The molecule has 11 heavy (non-hydrogen) atoms. The van der Waals surface area contributed by atoms with Crippen LogP contribution in [0.2, 0.25) is 0 Å². The summed E-state index contributed by atoms with van der Waals surface area (Å²) in [5.74, 6) is 0. The Bertz CT molecular complexity index is 223. The van der Waals surface area contributed by atoms with E-state index in [0.29, 0.717) is 0 Å². The summed E-state index contributed by atoms with van der Waals surface area (Å²) in [6.07, 6.45) is 9.24. The highest BCUT2D eigenvalue weighted by Crippen LogP contribution is 1.96. The predicted octanol–water partition coefficient (Wildman–Crippen LogP) is 1.60. The molecule has 1 heterocycles. The number of rotatable bonds is 4. The Labute approximate surface area is 66.9 Å². The third-order valence-corrected chi connectivity index (χ3v) is 1.31. The number of allylic oxidation sites excluding steroid dienone is 2. The summed E-state index contributed by atoms with van der Waals surface area (Å²) in [6.45, 7) is 8.02. The van der Waals surface area contributed by atoms with Crippen LogP contribution in [-0.4, -0.2) is 9.55 Å². The summed E-state index contributed by atoms with van der Waals surface area (Å²) < 4.78 is 1.87. The van der Waals surface area contributed by atoms with Gasteiger partial charge in [-0.25, -0.2) is 4.98 Å². The summed E-state index contributed by atoms with van der Waals surface area (Å²) in [5, 5.41) is 0. The van der Waals surface area contributed by atoms with Crippen LogP contribution < -0.4 is 0 Å². The maximum absolute atomic E-state index is 4.04. The van der Waals surface area contributed by atoms with Crippen molar-refractivity contribution in [2.45, 2.75) is 13.0 Å². The molecule has 0 atom stereocenters. The zero-order valence-corrected chi connectivity index (χ0v) is 6.45. The van der Waals surface area contributed by atoms with Gasteiger partial charge in [0.1, 0.15) is 0 Å². The van der Waals surface area contributed by atoms with Crippen molar-refractivity contribution in [3.63, 3.8) is 0 Å². The highest BCUT2D eigenvalue weighted by Gasteiger charge is 1.94. The summed E-state index contributed by atoms with van der Waals surface area (Å²) in [5.41, 5.74) is 1.00. The molecule has 57 valence electrons. The largest absolute Gasteiger partial charge is 0.324 e. The van der Waals surface area contributed by atoms with Crippen molar-refractivity contribution in [3.8, 4) is 0 Å². The summed E-state index contributed by atoms with van der Waals surface area (Å²) in [7, 11) is 0. The predicted molar refractivity (Wildman–Crippen MR) is 45.2 cm³/mol. The van der Waals surface area contributed by atoms with Gasteiger partial charge in [-0.3, -0.25) is 0 Å². The van der Waals surface area contributed by atoms with E-state index in [2.05, 4.69) is 24.5 Å². The van der Waals surface area contributed by atoms with Gasteiger partial charge < -0.3 is 4.57 Å². The van der Waals surface area contributed by atoms with Gasteiger partial charge in [-0.1, -0.05) is 12.2 Å². The first kappa shape index (κ1) is 7.79. The lowest BCUT2D eigenvalue weighted by Crippen LogP contribution is -1.89. The van der Waals surface area contributed by atoms with E-state index in [9.17, 15) is 0 Å². The molecule has 2 heteroatoms. The summed E-state index contributed by atoms with van der Waals surface area (Å²) in [6, 6.07) is 0. The molecule has 1 aromatic rings. The number of hydrogen-bond donors (Lipinski definition) is 0. The first-order valence-corrected chi connectivity index (χ1v) is 3.52. The SMILES string of the molecule is C=CCc1cn(CC=C)[c]n1. The molecule has 2 nitrogen and oxygen atoms in total. The van der Waals surface area contributed by atoms with Crippen LogP contribution >= 0.6 is 0 Å². The molecule has 0 saturated heterocycles. The number of imidazole rings is 1. The van der Waals surface area contributed by atoms with Gasteiger partial charge >= 0.3 is 0 Å². The zero-order chi connectivity index (χ0) is 8.10. The van der Waals surface area contributed by atoms with E-state index in [0.717, 1.165) is 18.7 Å². The Balaban J connectivity index is 2.64. The van der Waals surface area contributed by atoms with Crippen molar-refractivity contribution < 1.29 is 0 Å². The van der Waals surface area contributed by atoms with Crippen LogP contribution in [0.5, 0.6) is 0 Å². The van der Waals surface area contributed by atoms with Gasteiger partial charge in [-0.2, -0.15) is 0 Å². The first-order valence-electron chi connectivity index (χ1n) is 3.52. The van der Waals surface area contributed by atoms with Gasteiger partial charge in [-0.05, 0) is 0 Å². The average molecular weight is 147 g/mol. The molecule has 0 bridgehead atoms. The highest BCUT2D eigenvalue weighted by molar-refractivity contribution is 5.01. The lowest BCUT2D eigenvalue weighted by atomic mass is 10.3. The standard InChI is InChI=1S/C9H11N2/c1-3-5-9-7-11(6-4-2)8-10-9/h3-4,7H,1-2,5-6H2. The van der Waals surface area contributed by atoms with Crippen molar-refractivity contribution in [3.05, 3.63) is 43.5 Å². The van der Waals surface area contributed by atoms with Crippen LogP contribution in [-0.2, 0) is 13.0 Å². The monoisotopic (exact) mass is 147 g/mol. The van der Waals surface area contributed by atoms with Crippen molar-refractivity contribution in [2.75, 3.05) is 0 Å². The van der Waals surface area contributed by atoms with E-state index >= 15 is 0 Å². The number of nitrogens with zero attached hydrogens (tertiary/aromatic N) is 2. The topological polar surface area (TPSA) is 17.8 Å². The molecule has 0 amide bonds. The van der Waals surface area contributed by atoms with E-state index < -0.39 is 0 Å². The Hall–Kier alpha value is -1.31. The fraction of sp³-hybridized carbons (Fsp3) is 0.222. The van der Waals surface area contributed by atoms with E-state index in [1.165, 1.54) is 0 Å². The lowest BCUT2D eigenvalue weighted by molar-refractivity contribution is 0.813. The normalized spacial score (nSPS) is 9.45. The molecule has 0 aliphatic heterocycles. The van der Waals surface area contributed by atoms with Crippen molar-refractivity contribution in [1.82, 2.24) is 9.55 Å². The fourth-order valence-electron chi connectivity index (χ4n) is 0.845. The van der Waals surface area contributed by atoms with E-state index in [1.54, 1.807) is 0 Å². The molecule has 0 unspecified atom stereocenters. The molecule has 0 aliphatic rings. The molecule has 0 fully saturated rings. The zero-order valence-electron chi connectivity index (χ0n) is 6.45. The van der Waals surface area contributed by atoms with Crippen LogP contribution in [0.15, 0.2) is 31.5 Å². The van der Waals surface area contributed by atoms with Crippen LogP contribution in [0.3, 0.4) is 0 Å². The summed E-state index contributed by atoms with van der Waals surface area (Å²) in [4.78, 5) is 4.04. The van der Waals surface area contributed by atoms with E-state index in [1.807, 2.05) is 22.9 Å². The fourth-order valence-corrected chi connectivity index (χ4v) is 0.845. The Morgan fingerprint density at radius 3 is 3.00 bits per heavy atom. The van der Waals surface area contributed by atoms with Gasteiger partial charge in [0.2, 0.25) is 0 Å². The van der Waals surface area contributed by atoms with E-state index in [-0.39, 0.29) is 0 Å². The molecular weight excluding hydrogens is 136 g/mol. The summed E-state index contributed by atoms with van der Waals surface area (Å²) >= 11 is 0. The smallest absolute Gasteiger partial charge is 0.177 e. The minimum atomic E-state index is 0.768. The molecule has 0 aromatic carbocycles. The van der Waals surface area contributed by atoms with Crippen LogP contribution in [0.25, 0.3) is 0 Å². The van der Waals surface area contributed by atoms with Crippen molar-refractivity contribution in [2.24, 2.45) is 0 Å². The van der Waals surface area contributed by atoms with E-state index in [4.69, 9.17) is 0 Å². The van der Waals surface area contributed by atoms with Gasteiger partial charge in [0, 0.05) is 19.2 Å². The molecule has 0 aliphatic carbocycles. The average Bonchev–Trinajstić information content (AvgIpc) is 2.38. The second kappa shape index (κ2) is 3.76.